The first-order chi connectivity index (χ1) is 18.9. The van der Waals surface area contributed by atoms with E-state index >= 15 is 0 Å². The highest BCUT2D eigenvalue weighted by molar-refractivity contribution is 5.54. The average Bonchev–Trinajstić information content (AvgIpc) is 3.68. The van der Waals surface area contributed by atoms with Gasteiger partial charge in [-0.15, -0.1) is 5.10 Å². The van der Waals surface area contributed by atoms with Gasteiger partial charge in [0, 0.05) is 64.5 Å². The first-order valence-electron chi connectivity index (χ1n) is 12.6. The molecule has 0 unspecified atom stereocenters. The fourth-order valence-electron chi connectivity index (χ4n) is 4.69. The number of nitrogens with one attached hydrogen (secondary N) is 2. The van der Waals surface area contributed by atoms with E-state index in [0.29, 0.717) is 62.6 Å². The normalized spacial score (nSPS) is 20.1. The molecule has 2 atom stereocenters. The first-order valence-corrected chi connectivity index (χ1v) is 12.6. The lowest BCUT2D eigenvalue weighted by atomic mass is 10.2. The van der Waals surface area contributed by atoms with Gasteiger partial charge in [-0.25, -0.2) is 13.2 Å². The topological polar surface area (TPSA) is 135 Å². The number of fused-ring (bicyclic) bond motifs is 1. The van der Waals surface area contributed by atoms with Crippen LogP contribution >= 0.6 is 0 Å². The van der Waals surface area contributed by atoms with Crippen molar-refractivity contribution in [2.24, 2.45) is 0 Å². The third kappa shape index (κ3) is 5.27. The average molecular weight is 545 g/mol. The maximum atomic E-state index is 14.6. The third-order valence-corrected chi connectivity index (χ3v) is 6.77. The van der Waals surface area contributed by atoms with Gasteiger partial charge in [0.25, 0.3) is 5.78 Å². The minimum Gasteiger partial charge on any atom is -0.483 e. The van der Waals surface area contributed by atoms with Crippen molar-refractivity contribution in [2.45, 2.75) is 12.3 Å². The Morgan fingerprint density at radius 2 is 1.95 bits per heavy atom. The summed E-state index contributed by atoms with van der Waals surface area (Å²) < 4.78 is 55.0. The fraction of sp³-hybridized carbons (Fsp3) is 0.417. The summed E-state index contributed by atoms with van der Waals surface area (Å²) in [6.45, 7) is 4.03. The Labute approximate surface area is 221 Å². The number of hydrogen-bond donors (Lipinski definition) is 3. The number of nitrogen functional groups attached to an aromatic ring is 1. The van der Waals surface area contributed by atoms with Gasteiger partial charge in [0.2, 0.25) is 17.7 Å². The second-order valence-corrected chi connectivity index (χ2v) is 9.35. The van der Waals surface area contributed by atoms with Crippen LogP contribution in [0.2, 0.25) is 0 Å². The summed E-state index contributed by atoms with van der Waals surface area (Å²) in [6, 6.07) is 5.60. The van der Waals surface area contributed by atoms with Gasteiger partial charge >= 0.3 is 0 Å². The number of rotatable bonds is 8. The van der Waals surface area contributed by atoms with Crippen LogP contribution < -0.4 is 26.0 Å². The van der Waals surface area contributed by atoms with Crippen LogP contribution in [0.1, 0.15) is 0 Å². The van der Waals surface area contributed by atoms with E-state index in [1.165, 1.54) is 16.8 Å². The second-order valence-electron chi connectivity index (χ2n) is 9.35. The molecule has 15 heteroatoms. The number of halogens is 3. The zero-order chi connectivity index (χ0) is 26.9. The molecule has 12 nitrogen and oxygen atoms in total. The molecule has 0 radical (unpaired) electrons. The Morgan fingerprint density at radius 1 is 1.10 bits per heavy atom. The van der Waals surface area contributed by atoms with E-state index in [1.807, 2.05) is 4.90 Å². The smallest absolute Gasteiger partial charge is 0.259 e. The number of benzene rings is 1. The van der Waals surface area contributed by atoms with Crippen LogP contribution in [0.4, 0.5) is 30.8 Å². The monoisotopic (exact) mass is 544 g/mol. The van der Waals surface area contributed by atoms with Gasteiger partial charge in [-0.05, 0) is 12.1 Å². The number of anilines is 3. The highest BCUT2D eigenvalue weighted by Crippen LogP contribution is 2.30. The van der Waals surface area contributed by atoms with Crippen molar-refractivity contribution < 1.29 is 22.3 Å². The minimum atomic E-state index is -1.24. The molecule has 4 aromatic rings. The second kappa shape index (κ2) is 10.6. The van der Waals surface area contributed by atoms with E-state index in [4.69, 9.17) is 14.9 Å². The SMILES string of the molecule is Nc1nc(NCCN2CCN(c3cc(O[C@H]4CNC[C@@H]4F)c(F)cc3F)CC2)nc2nc(-c3ccco3)nn12. The van der Waals surface area contributed by atoms with Gasteiger partial charge in [-0.1, -0.05) is 0 Å². The lowest BCUT2D eigenvalue weighted by Gasteiger charge is -2.36. The molecule has 2 saturated heterocycles. The van der Waals surface area contributed by atoms with Crippen LogP contribution in [0.25, 0.3) is 17.4 Å². The number of alkyl halides is 1. The number of aromatic nitrogens is 5. The van der Waals surface area contributed by atoms with Crippen molar-refractivity contribution in [2.75, 3.05) is 68.3 Å². The predicted octanol–water partition coefficient (Wildman–Crippen LogP) is 1.56. The summed E-state index contributed by atoms with van der Waals surface area (Å²) in [6.07, 6.45) is -0.513. The molecule has 4 N–H and O–H groups in total. The van der Waals surface area contributed by atoms with E-state index in [2.05, 4.69) is 35.6 Å². The molecule has 3 aromatic heterocycles. The molecule has 1 aromatic carbocycles. The van der Waals surface area contributed by atoms with Gasteiger partial charge in [0.1, 0.15) is 11.9 Å². The molecule has 5 heterocycles. The molecule has 0 bridgehead atoms. The maximum absolute atomic E-state index is 14.6. The Balaban J connectivity index is 1.03. The summed E-state index contributed by atoms with van der Waals surface area (Å²) in [5, 5.41) is 10.3. The predicted molar refractivity (Wildman–Crippen MR) is 136 cm³/mol. The summed E-state index contributed by atoms with van der Waals surface area (Å²) in [5.41, 5.74) is 6.27. The first kappa shape index (κ1) is 25.2. The third-order valence-electron chi connectivity index (χ3n) is 6.77. The van der Waals surface area contributed by atoms with E-state index in [-0.39, 0.29) is 30.5 Å². The van der Waals surface area contributed by atoms with Crippen molar-refractivity contribution in [3.05, 3.63) is 42.2 Å². The molecule has 0 spiro atoms. The number of hydrogen-bond acceptors (Lipinski definition) is 11. The highest BCUT2D eigenvalue weighted by Gasteiger charge is 2.30. The van der Waals surface area contributed by atoms with Crippen molar-refractivity contribution >= 4 is 23.4 Å². The molecule has 39 heavy (non-hydrogen) atoms. The highest BCUT2D eigenvalue weighted by atomic mass is 19.1. The molecule has 0 aliphatic carbocycles. The molecule has 2 aliphatic rings. The summed E-state index contributed by atoms with van der Waals surface area (Å²) >= 11 is 0. The Hall–Kier alpha value is -4.11. The number of ether oxygens (including phenoxy) is 1. The molecule has 6 rings (SSSR count). The van der Waals surface area contributed by atoms with Gasteiger partial charge in [0.05, 0.1) is 12.0 Å². The van der Waals surface area contributed by atoms with Gasteiger partial charge in [-0.3, -0.25) is 4.90 Å². The van der Waals surface area contributed by atoms with Crippen LogP contribution in [0.3, 0.4) is 0 Å². The largest absolute Gasteiger partial charge is 0.483 e. The minimum absolute atomic E-state index is 0.136. The number of furan rings is 1. The van der Waals surface area contributed by atoms with Crippen LogP contribution in [0, 0.1) is 11.6 Å². The van der Waals surface area contributed by atoms with Crippen LogP contribution in [0.15, 0.2) is 34.9 Å². The van der Waals surface area contributed by atoms with Crippen LogP contribution in [-0.2, 0) is 0 Å². The summed E-state index contributed by atoms with van der Waals surface area (Å²) in [4.78, 5) is 17.0. The summed E-state index contributed by atoms with van der Waals surface area (Å²) in [5.74, 6) is -0.0555. The Kier molecular flexibility index (Phi) is 6.83. The van der Waals surface area contributed by atoms with Crippen LogP contribution in [0.5, 0.6) is 5.75 Å². The Bertz CT molecular complexity index is 1440. The van der Waals surface area contributed by atoms with Crippen molar-refractivity contribution in [3.8, 4) is 17.3 Å². The van der Waals surface area contributed by atoms with Gasteiger partial charge in [-0.2, -0.15) is 19.5 Å². The molecule has 2 fully saturated rings. The van der Waals surface area contributed by atoms with E-state index in [0.717, 1.165) is 6.07 Å². The van der Waals surface area contributed by atoms with E-state index in [9.17, 15) is 13.2 Å². The fourth-order valence-corrected chi connectivity index (χ4v) is 4.69. The number of nitrogens with two attached hydrogens (primary N) is 1. The van der Waals surface area contributed by atoms with Crippen molar-refractivity contribution in [3.63, 3.8) is 0 Å². The maximum Gasteiger partial charge on any atom is 0.259 e. The van der Waals surface area contributed by atoms with Crippen molar-refractivity contribution in [1.82, 2.24) is 34.8 Å². The number of nitrogens with zero attached hydrogens (tertiary/aromatic N) is 7. The van der Waals surface area contributed by atoms with Gasteiger partial charge < -0.3 is 30.4 Å². The lowest BCUT2D eigenvalue weighted by molar-refractivity contribution is 0.134. The molecule has 0 saturated carbocycles. The van der Waals surface area contributed by atoms with E-state index in [1.54, 1.807) is 12.1 Å². The van der Waals surface area contributed by atoms with E-state index < -0.39 is 23.9 Å². The summed E-state index contributed by atoms with van der Waals surface area (Å²) in [7, 11) is 0. The zero-order valence-corrected chi connectivity index (χ0v) is 20.9. The Morgan fingerprint density at radius 3 is 2.69 bits per heavy atom. The quantitative estimate of drug-likeness (QED) is 0.298. The number of piperazine rings is 1. The standard InChI is InChI=1S/C24H27F3N10O2/c25-14-10-15(26)19(39-20-13-29-12-16(20)27)11-17(14)36-7-5-35(6-8-36)4-3-30-23-32-22(28)37-24(33-23)31-21(34-37)18-2-1-9-38-18/h1-2,9-11,16,20,29H,3-8,12-13H2,(H3,28,30,31,32,33,34)/t16-,20-/m0/s1. The molecule has 206 valence electrons. The molecule has 0 amide bonds. The van der Waals surface area contributed by atoms with Crippen molar-refractivity contribution in [1.29, 1.82) is 0 Å². The molecular formula is C24H27F3N10O2. The zero-order valence-electron chi connectivity index (χ0n) is 20.9. The van der Waals surface area contributed by atoms with Gasteiger partial charge in [0.15, 0.2) is 23.5 Å². The molecular weight excluding hydrogens is 517 g/mol. The van der Waals surface area contributed by atoms with Crippen LogP contribution in [-0.4, -0.2) is 94.1 Å². The lowest BCUT2D eigenvalue weighted by Crippen LogP contribution is -2.48. The molecule has 2 aliphatic heterocycles.